The molecule has 1 aliphatic carbocycles. The first kappa shape index (κ1) is 10.6. The Morgan fingerprint density at radius 1 is 1.53 bits per heavy atom. The summed E-state index contributed by atoms with van der Waals surface area (Å²) in [6, 6.07) is 0.309. The molecular formula is C10H17N3O2. The zero-order valence-corrected chi connectivity index (χ0v) is 9.14. The van der Waals surface area contributed by atoms with Gasteiger partial charge in [0.05, 0.1) is 6.10 Å². The Balaban J connectivity index is 1.78. The quantitative estimate of drug-likeness (QED) is 0.810. The van der Waals surface area contributed by atoms with Crippen LogP contribution in [0.4, 0.5) is 0 Å². The number of rotatable bonds is 4. The van der Waals surface area contributed by atoms with Crippen LogP contribution in [0, 0.1) is 0 Å². The molecule has 0 radical (unpaired) electrons. The lowest BCUT2D eigenvalue weighted by atomic mass is 9.90. The Bertz CT molecular complexity index is 318. The van der Waals surface area contributed by atoms with Gasteiger partial charge in [0.1, 0.15) is 6.61 Å². The third-order valence-electron chi connectivity index (χ3n) is 2.57. The van der Waals surface area contributed by atoms with Crippen molar-refractivity contribution in [2.45, 2.75) is 51.4 Å². The van der Waals surface area contributed by atoms with E-state index in [9.17, 15) is 0 Å². The molecule has 5 nitrogen and oxygen atoms in total. The number of ether oxygens (including phenoxy) is 1. The molecule has 2 rings (SSSR count). The number of aromatic nitrogens is 2. The maximum Gasteiger partial charge on any atom is 0.252 e. The van der Waals surface area contributed by atoms with E-state index in [1.165, 1.54) is 0 Å². The Hall–Kier alpha value is -0.940. The van der Waals surface area contributed by atoms with Crippen LogP contribution in [0.5, 0.6) is 0 Å². The molecule has 0 aliphatic heterocycles. The van der Waals surface area contributed by atoms with E-state index in [0.29, 0.717) is 24.5 Å². The molecule has 0 atom stereocenters. The van der Waals surface area contributed by atoms with E-state index in [1.807, 2.05) is 13.8 Å². The van der Waals surface area contributed by atoms with Gasteiger partial charge in [-0.05, 0) is 12.8 Å². The third kappa shape index (κ3) is 2.54. The van der Waals surface area contributed by atoms with E-state index in [1.54, 1.807) is 0 Å². The summed E-state index contributed by atoms with van der Waals surface area (Å²) >= 11 is 0. The summed E-state index contributed by atoms with van der Waals surface area (Å²) < 4.78 is 10.6. The normalized spacial score (nSPS) is 25.6. The Labute approximate surface area is 89.0 Å². The third-order valence-corrected chi connectivity index (χ3v) is 2.57. The molecule has 1 aromatic rings. The van der Waals surface area contributed by atoms with Gasteiger partial charge < -0.3 is 15.0 Å². The van der Waals surface area contributed by atoms with Crippen LogP contribution in [0.25, 0.3) is 0 Å². The van der Waals surface area contributed by atoms with Crippen LogP contribution in [0.1, 0.15) is 44.3 Å². The first-order valence-electron chi connectivity index (χ1n) is 5.35. The fraction of sp³-hybridized carbons (Fsp3) is 0.800. The van der Waals surface area contributed by atoms with Crippen LogP contribution < -0.4 is 5.73 Å². The van der Waals surface area contributed by atoms with Crippen LogP contribution in [0.3, 0.4) is 0 Å². The molecule has 1 aromatic heterocycles. The molecule has 1 heterocycles. The average molecular weight is 211 g/mol. The second-order valence-electron chi connectivity index (χ2n) is 4.37. The van der Waals surface area contributed by atoms with Crippen molar-refractivity contribution in [2.24, 2.45) is 5.73 Å². The summed E-state index contributed by atoms with van der Waals surface area (Å²) in [6.45, 7) is 4.46. The van der Waals surface area contributed by atoms with Crippen LogP contribution in [-0.2, 0) is 11.3 Å². The van der Waals surface area contributed by atoms with Crippen molar-refractivity contribution >= 4 is 0 Å². The van der Waals surface area contributed by atoms with Crippen molar-refractivity contribution in [3.8, 4) is 0 Å². The fourth-order valence-electron chi connectivity index (χ4n) is 1.49. The highest BCUT2D eigenvalue weighted by Gasteiger charge is 2.27. The van der Waals surface area contributed by atoms with E-state index in [-0.39, 0.29) is 6.10 Å². The van der Waals surface area contributed by atoms with Gasteiger partial charge in [-0.25, -0.2) is 0 Å². The van der Waals surface area contributed by atoms with Gasteiger partial charge in [-0.1, -0.05) is 19.0 Å². The number of nitrogens with two attached hydrogens (primary N) is 1. The molecule has 0 spiro atoms. The topological polar surface area (TPSA) is 74.2 Å². The van der Waals surface area contributed by atoms with E-state index >= 15 is 0 Å². The summed E-state index contributed by atoms with van der Waals surface area (Å²) in [5, 5.41) is 3.86. The molecule has 1 saturated carbocycles. The smallest absolute Gasteiger partial charge is 0.252 e. The number of hydrogen-bond acceptors (Lipinski definition) is 5. The second-order valence-corrected chi connectivity index (χ2v) is 4.37. The minimum atomic E-state index is 0.273. The lowest BCUT2D eigenvalue weighted by Gasteiger charge is -2.31. The molecule has 0 bridgehead atoms. The molecule has 84 valence electrons. The highest BCUT2D eigenvalue weighted by atomic mass is 16.5. The number of hydrogen-bond donors (Lipinski definition) is 1. The molecule has 2 N–H and O–H groups in total. The van der Waals surface area contributed by atoms with Crippen molar-refractivity contribution in [2.75, 3.05) is 0 Å². The zero-order chi connectivity index (χ0) is 10.8. The van der Waals surface area contributed by atoms with Crippen molar-refractivity contribution in [3.63, 3.8) is 0 Å². The maximum atomic E-state index is 5.65. The summed E-state index contributed by atoms with van der Waals surface area (Å²) in [7, 11) is 0. The van der Waals surface area contributed by atoms with Gasteiger partial charge in [-0.15, -0.1) is 0 Å². The van der Waals surface area contributed by atoms with Crippen molar-refractivity contribution in [1.29, 1.82) is 0 Å². The maximum absolute atomic E-state index is 5.65. The zero-order valence-electron chi connectivity index (χ0n) is 9.14. The van der Waals surface area contributed by atoms with Gasteiger partial charge in [0.25, 0.3) is 5.89 Å². The van der Waals surface area contributed by atoms with Crippen LogP contribution in [-0.4, -0.2) is 22.3 Å². The highest BCUT2D eigenvalue weighted by Crippen LogP contribution is 2.22. The molecule has 5 heteroatoms. The largest absolute Gasteiger partial charge is 0.368 e. The molecule has 1 fully saturated rings. The Morgan fingerprint density at radius 3 is 2.80 bits per heavy atom. The monoisotopic (exact) mass is 211 g/mol. The fourth-order valence-corrected chi connectivity index (χ4v) is 1.49. The minimum absolute atomic E-state index is 0.273. The number of nitrogens with zero attached hydrogens (tertiary/aromatic N) is 2. The summed E-state index contributed by atoms with van der Waals surface area (Å²) in [5.41, 5.74) is 5.65. The van der Waals surface area contributed by atoms with Crippen molar-refractivity contribution in [1.82, 2.24) is 10.1 Å². The van der Waals surface area contributed by atoms with E-state index < -0.39 is 0 Å². The van der Waals surface area contributed by atoms with Crippen LogP contribution in [0.15, 0.2) is 4.52 Å². The van der Waals surface area contributed by atoms with Gasteiger partial charge in [0.15, 0.2) is 5.82 Å². The first-order chi connectivity index (χ1) is 7.15. The van der Waals surface area contributed by atoms with Gasteiger partial charge in [0, 0.05) is 12.0 Å². The predicted molar refractivity (Wildman–Crippen MR) is 54.2 cm³/mol. The molecule has 0 aromatic carbocycles. The SMILES string of the molecule is CC(C)c1noc(COC2CC(N)C2)n1. The lowest BCUT2D eigenvalue weighted by Crippen LogP contribution is -2.41. The first-order valence-corrected chi connectivity index (χ1v) is 5.35. The van der Waals surface area contributed by atoms with E-state index in [2.05, 4.69) is 10.1 Å². The second kappa shape index (κ2) is 4.28. The molecule has 0 unspecified atom stereocenters. The van der Waals surface area contributed by atoms with Gasteiger partial charge in [-0.3, -0.25) is 0 Å². The van der Waals surface area contributed by atoms with Gasteiger partial charge in [0.2, 0.25) is 0 Å². The molecule has 0 saturated heterocycles. The molecule has 0 amide bonds. The van der Waals surface area contributed by atoms with E-state index in [4.69, 9.17) is 15.0 Å². The standard InChI is InChI=1S/C10H17N3O2/c1-6(2)10-12-9(15-13-10)5-14-8-3-7(11)4-8/h6-8H,3-5,11H2,1-2H3. The average Bonchev–Trinajstić information content (AvgIpc) is 2.59. The van der Waals surface area contributed by atoms with Crippen LogP contribution in [0.2, 0.25) is 0 Å². The summed E-state index contributed by atoms with van der Waals surface area (Å²) in [4.78, 5) is 4.23. The molecule has 1 aliphatic rings. The van der Waals surface area contributed by atoms with Crippen molar-refractivity contribution < 1.29 is 9.26 Å². The van der Waals surface area contributed by atoms with Gasteiger partial charge >= 0.3 is 0 Å². The lowest BCUT2D eigenvalue weighted by molar-refractivity contribution is -0.0285. The Kier molecular flexibility index (Phi) is 3.02. The molecular weight excluding hydrogens is 194 g/mol. The summed E-state index contributed by atoms with van der Waals surface area (Å²) in [5.74, 6) is 1.58. The molecule has 15 heavy (non-hydrogen) atoms. The highest BCUT2D eigenvalue weighted by molar-refractivity contribution is 4.91. The minimum Gasteiger partial charge on any atom is -0.368 e. The summed E-state index contributed by atoms with van der Waals surface area (Å²) in [6.07, 6.45) is 2.14. The van der Waals surface area contributed by atoms with Gasteiger partial charge in [-0.2, -0.15) is 4.98 Å². The van der Waals surface area contributed by atoms with Crippen LogP contribution >= 0.6 is 0 Å². The predicted octanol–water partition coefficient (Wildman–Crippen LogP) is 1.20. The van der Waals surface area contributed by atoms with E-state index in [0.717, 1.165) is 18.7 Å². The Morgan fingerprint density at radius 2 is 2.27 bits per heavy atom. The van der Waals surface area contributed by atoms with Crippen molar-refractivity contribution in [3.05, 3.63) is 11.7 Å².